The van der Waals surface area contributed by atoms with Gasteiger partial charge in [0, 0.05) is 13.2 Å². The Morgan fingerprint density at radius 3 is 2.50 bits per heavy atom. The van der Waals surface area contributed by atoms with Gasteiger partial charge in [-0.3, -0.25) is 9.59 Å². The zero-order valence-corrected chi connectivity index (χ0v) is 9.34. The molecule has 6 nitrogen and oxygen atoms in total. The highest BCUT2D eigenvalue weighted by Crippen LogP contribution is 2.23. The van der Waals surface area contributed by atoms with E-state index in [1.54, 1.807) is 13.8 Å². The second-order valence-electron chi connectivity index (χ2n) is 3.34. The number of hydrogen-bond donors (Lipinski definition) is 1. The third-order valence-electron chi connectivity index (χ3n) is 2.29. The Morgan fingerprint density at radius 1 is 1.50 bits per heavy atom. The van der Waals surface area contributed by atoms with Gasteiger partial charge in [-0.2, -0.15) is 0 Å². The summed E-state index contributed by atoms with van der Waals surface area (Å²) in [5, 5.41) is 8.93. The highest BCUT2D eigenvalue weighted by atomic mass is 16.7. The number of Topliss-reactive ketones (excluding diaryl/α,β-unsaturated/α-hetero) is 1. The maximum Gasteiger partial charge on any atom is 0.317 e. The number of carboxylic acids is 1. The van der Waals surface area contributed by atoms with Gasteiger partial charge in [0.15, 0.2) is 12.1 Å². The van der Waals surface area contributed by atoms with Crippen LogP contribution >= 0.6 is 0 Å². The standard InChI is InChI=1S/C10H16O6/c1-3-14-10(15-4-2)8-7(9(12)13)6(11)5-16-8/h7-8,10H,3-5H2,1-2H3,(H,12,13). The summed E-state index contributed by atoms with van der Waals surface area (Å²) < 4.78 is 15.6. The number of rotatable bonds is 6. The van der Waals surface area contributed by atoms with Crippen molar-refractivity contribution in [1.82, 2.24) is 0 Å². The Kier molecular flexibility index (Phi) is 4.85. The second-order valence-corrected chi connectivity index (χ2v) is 3.34. The summed E-state index contributed by atoms with van der Waals surface area (Å²) in [5.41, 5.74) is 0. The molecule has 1 fully saturated rings. The first-order valence-corrected chi connectivity index (χ1v) is 5.22. The third kappa shape index (κ3) is 2.78. The summed E-state index contributed by atoms with van der Waals surface area (Å²) >= 11 is 0. The van der Waals surface area contributed by atoms with Crippen LogP contribution in [0.1, 0.15) is 13.8 Å². The molecular weight excluding hydrogens is 216 g/mol. The number of ketones is 1. The Bertz CT molecular complexity index is 258. The molecule has 1 heterocycles. The Hall–Kier alpha value is -0.980. The van der Waals surface area contributed by atoms with E-state index in [0.29, 0.717) is 13.2 Å². The molecule has 0 radical (unpaired) electrons. The lowest BCUT2D eigenvalue weighted by Gasteiger charge is -2.24. The molecule has 2 unspecified atom stereocenters. The summed E-state index contributed by atoms with van der Waals surface area (Å²) in [5.74, 6) is -2.83. The molecule has 1 rings (SSSR count). The lowest BCUT2D eigenvalue weighted by atomic mass is 10.0. The summed E-state index contributed by atoms with van der Waals surface area (Å²) in [6.45, 7) is 4.06. The van der Waals surface area contributed by atoms with Crippen molar-refractivity contribution in [1.29, 1.82) is 0 Å². The Balaban J connectivity index is 2.74. The molecule has 0 aliphatic carbocycles. The van der Waals surface area contributed by atoms with Crippen molar-refractivity contribution in [3.63, 3.8) is 0 Å². The van der Waals surface area contributed by atoms with Gasteiger partial charge in [0.2, 0.25) is 0 Å². The van der Waals surface area contributed by atoms with Crippen molar-refractivity contribution in [3.05, 3.63) is 0 Å². The Morgan fingerprint density at radius 2 is 2.06 bits per heavy atom. The highest BCUT2D eigenvalue weighted by Gasteiger charge is 2.46. The van der Waals surface area contributed by atoms with E-state index in [4.69, 9.17) is 19.3 Å². The van der Waals surface area contributed by atoms with E-state index in [0.717, 1.165) is 0 Å². The van der Waals surface area contributed by atoms with E-state index in [1.165, 1.54) is 0 Å². The van der Waals surface area contributed by atoms with Crippen molar-refractivity contribution in [3.8, 4) is 0 Å². The third-order valence-corrected chi connectivity index (χ3v) is 2.29. The van der Waals surface area contributed by atoms with E-state index >= 15 is 0 Å². The van der Waals surface area contributed by atoms with Crippen LogP contribution in [0.5, 0.6) is 0 Å². The summed E-state index contributed by atoms with van der Waals surface area (Å²) in [4.78, 5) is 22.2. The first-order valence-electron chi connectivity index (χ1n) is 5.22. The summed E-state index contributed by atoms with van der Waals surface area (Å²) in [6.07, 6.45) is -1.66. The summed E-state index contributed by atoms with van der Waals surface area (Å²) in [7, 11) is 0. The van der Waals surface area contributed by atoms with Gasteiger partial charge < -0.3 is 19.3 Å². The predicted molar refractivity (Wildman–Crippen MR) is 52.9 cm³/mol. The molecule has 1 aliphatic rings. The van der Waals surface area contributed by atoms with Gasteiger partial charge in [0.05, 0.1) is 0 Å². The number of ether oxygens (including phenoxy) is 3. The average molecular weight is 232 g/mol. The van der Waals surface area contributed by atoms with Gasteiger partial charge in [-0.05, 0) is 13.8 Å². The minimum Gasteiger partial charge on any atom is -0.481 e. The number of carbonyl (C=O) groups is 2. The molecule has 6 heteroatoms. The molecule has 2 atom stereocenters. The Labute approximate surface area is 93.5 Å². The maximum absolute atomic E-state index is 11.3. The van der Waals surface area contributed by atoms with Crippen LogP contribution in [0.15, 0.2) is 0 Å². The van der Waals surface area contributed by atoms with Crippen molar-refractivity contribution in [2.24, 2.45) is 5.92 Å². The van der Waals surface area contributed by atoms with Crippen LogP contribution in [0.2, 0.25) is 0 Å². The van der Waals surface area contributed by atoms with Crippen LogP contribution in [0, 0.1) is 5.92 Å². The largest absolute Gasteiger partial charge is 0.481 e. The smallest absolute Gasteiger partial charge is 0.317 e. The zero-order valence-electron chi connectivity index (χ0n) is 9.34. The van der Waals surface area contributed by atoms with Crippen molar-refractivity contribution >= 4 is 11.8 Å². The predicted octanol–water partition coefficient (Wildman–Crippen LogP) is 0.0542. The summed E-state index contributed by atoms with van der Waals surface area (Å²) in [6, 6.07) is 0. The fourth-order valence-electron chi connectivity index (χ4n) is 1.63. The fourth-order valence-corrected chi connectivity index (χ4v) is 1.63. The van der Waals surface area contributed by atoms with Gasteiger partial charge in [-0.1, -0.05) is 0 Å². The van der Waals surface area contributed by atoms with Gasteiger partial charge >= 0.3 is 5.97 Å². The molecule has 1 aliphatic heterocycles. The van der Waals surface area contributed by atoms with Crippen LogP contribution < -0.4 is 0 Å². The number of aliphatic carboxylic acids is 1. The SMILES string of the molecule is CCOC(OCC)C1OCC(=O)C1C(=O)O. The molecule has 1 saturated heterocycles. The van der Waals surface area contributed by atoms with Crippen LogP contribution in [0.25, 0.3) is 0 Å². The molecule has 0 bridgehead atoms. The molecule has 0 aromatic rings. The second kappa shape index (κ2) is 5.93. The van der Waals surface area contributed by atoms with E-state index in [2.05, 4.69) is 0 Å². The van der Waals surface area contributed by atoms with Gasteiger partial charge in [-0.15, -0.1) is 0 Å². The van der Waals surface area contributed by atoms with Crippen LogP contribution in [-0.2, 0) is 23.8 Å². The minimum atomic E-state index is -1.20. The average Bonchev–Trinajstić information content (AvgIpc) is 2.60. The van der Waals surface area contributed by atoms with Crippen LogP contribution in [-0.4, -0.2) is 49.1 Å². The molecule has 0 spiro atoms. The topological polar surface area (TPSA) is 82.1 Å². The number of hydrogen-bond acceptors (Lipinski definition) is 5. The monoisotopic (exact) mass is 232 g/mol. The van der Waals surface area contributed by atoms with E-state index < -0.39 is 30.1 Å². The quantitative estimate of drug-likeness (QED) is 0.515. The molecule has 1 N–H and O–H groups in total. The number of carboxylic acid groups (broad SMARTS) is 1. The van der Waals surface area contributed by atoms with E-state index in [1.807, 2.05) is 0 Å². The first kappa shape index (κ1) is 13.1. The van der Waals surface area contributed by atoms with E-state index in [9.17, 15) is 9.59 Å². The molecule has 0 saturated carbocycles. The van der Waals surface area contributed by atoms with Crippen molar-refractivity contribution in [2.75, 3.05) is 19.8 Å². The molecule has 0 aromatic heterocycles. The fraction of sp³-hybridized carbons (Fsp3) is 0.800. The molecule has 92 valence electrons. The van der Waals surface area contributed by atoms with Crippen molar-refractivity contribution < 1.29 is 28.9 Å². The van der Waals surface area contributed by atoms with Crippen molar-refractivity contribution in [2.45, 2.75) is 26.2 Å². The molecular formula is C10H16O6. The van der Waals surface area contributed by atoms with Gasteiger partial charge in [-0.25, -0.2) is 0 Å². The highest BCUT2D eigenvalue weighted by molar-refractivity contribution is 6.00. The van der Waals surface area contributed by atoms with Gasteiger partial charge in [0.25, 0.3) is 0 Å². The zero-order chi connectivity index (χ0) is 12.1. The first-order chi connectivity index (χ1) is 7.61. The maximum atomic E-state index is 11.3. The van der Waals surface area contributed by atoms with Crippen LogP contribution in [0.4, 0.5) is 0 Å². The molecule has 16 heavy (non-hydrogen) atoms. The lowest BCUT2D eigenvalue weighted by Crippen LogP contribution is -2.40. The normalized spacial score (nSPS) is 25.3. The minimum absolute atomic E-state index is 0.196. The van der Waals surface area contributed by atoms with Crippen LogP contribution in [0.3, 0.4) is 0 Å². The molecule has 0 amide bonds. The molecule has 0 aromatic carbocycles. The lowest BCUT2D eigenvalue weighted by molar-refractivity contribution is -0.203. The van der Waals surface area contributed by atoms with Gasteiger partial charge in [0.1, 0.15) is 18.6 Å². The number of carbonyl (C=O) groups excluding carboxylic acids is 1. The van der Waals surface area contributed by atoms with E-state index in [-0.39, 0.29) is 6.61 Å².